The number of rotatable bonds is 3. The molecule has 2 aromatic rings. The number of benzene rings is 1. The van der Waals surface area contributed by atoms with Crippen molar-refractivity contribution in [2.75, 3.05) is 26.2 Å². The van der Waals surface area contributed by atoms with Gasteiger partial charge in [-0.15, -0.1) is 0 Å². The largest absolute Gasteiger partial charge is 0.339 e. The highest BCUT2D eigenvalue weighted by atomic mass is 79.9. The van der Waals surface area contributed by atoms with E-state index in [4.69, 9.17) is 0 Å². The average Bonchev–Trinajstić information content (AvgIpc) is 2.88. The lowest BCUT2D eigenvalue weighted by molar-refractivity contribution is 0.0607. The molecule has 0 bridgehead atoms. The highest BCUT2D eigenvalue weighted by molar-refractivity contribution is 9.10. The number of pyridine rings is 1. The number of aromatic nitrogens is 1. The van der Waals surface area contributed by atoms with E-state index in [1.165, 1.54) is 0 Å². The highest BCUT2D eigenvalue weighted by Crippen LogP contribution is 2.36. The van der Waals surface area contributed by atoms with Gasteiger partial charge in [-0.3, -0.25) is 9.59 Å². The van der Waals surface area contributed by atoms with E-state index in [-0.39, 0.29) is 22.9 Å². The first kappa shape index (κ1) is 25.4. The predicted octanol–water partition coefficient (Wildman–Crippen LogP) is 5.44. The van der Waals surface area contributed by atoms with Gasteiger partial charge < -0.3 is 9.80 Å². The third-order valence-electron chi connectivity index (χ3n) is 7.76. The summed E-state index contributed by atoms with van der Waals surface area (Å²) in [6.07, 6.45) is 4.67. The second kappa shape index (κ2) is 10.1. The topological polar surface area (TPSA) is 77.3 Å². The van der Waals surface area contributed by atoms with Crippen LogP contribution in [0.2, 0.25) is 0 Å². The van der Waals surface area contributed by atoms with Crippen LogP contribution < -0.4 is 0 Å². The molecule has 0 radical (unpaired) electrons. The van der Waals surface area contributed by atoms with E-state index in [0.717, 1.165) is 31.5 Å². The van der Waals surface area contributed by atoms with Gasteiger partial charge in [-0.25, -0.2) is 4.98 Å². The molecule has 7 heteroatoms. The number of likely N-dealkylation sites (tertiary alicyclic amines) is 2. The third kappa shape index (κ3) is 5.28. The summed E-state index contributed by atoms with van der Waals surface area (Å²) in [7, 11) is 0. The van der Waals surface area contributed by atoms with E-state index in [9.17, 15) is 14.9 Å². The van der Waals surface area contributed by atoms with Gasteiger partial charge in [0.2, 0.25) is 0 Å². The molecule has 184 valence electrons. The van der Waals surface area contributed by atoms with Crippen molar-refractivity contribution in [3.8, 4) is 6.07 Å². The van der Waals surface area contributed by atoms with Gasteiger partial charge in [0.05, 0.1) is 17.0 Å². The lowest BCUT2D eigenvalue weighted by Crippen LogP contribution is -2.45. The number of carbonyl (C=O) groups excluding carboxylic acids is 2. The summed E-state index contributed by atoms with van der Waals surface area (Å²) in [5.74, 6) is 0.338. The zero-order valence-corrected chi connectivity index (χ0v) is 22.3. The minimum absolute atomic E-state index is 0.0631. The van der Waals surface area contributed by atoms with Crippen LogP contribution in [0.15, 0.2) is 47.1 Å². The van der Waals surface area contributed by atoms with Gasteiger partial charge in [0, 0.05) is 36.8 Å². The number of hydrogen-bond acceptors (Lipinski definition) is 4. The van der Waals surface area contributed by atoms with Gasteiger partial charge in [0.15, 0.2) is 0 Å². The van der Waals surface area contributed by atoms with E-state index >= 15 is 0 Å². The van der Waals surface area contributed by atoms with Crippen molar-refractivity contribution in [3.05, 3.63) is 63.9 Å². The molecule has 35 heavy (non-hydrogen) atoms. The zero-order chi connectivity index (χ0) is 25.2. The summed E-state index contributed by atoms with van der Waals surface area (Å²) in [6.45, 7) is 9.17. The van der Waals surface area contributed by atoms with Gasteiger partial charge >= 0.3 is 0 Å². The molecule has 0 aliphatic carbocycles. The summed E-state index contributed by atoms with van der Waals surface area (Å²) in [5.41, 5.74) is 1.41. The summed E-state index contributed by atoms with van der Waals surface area (Å²) < 4.78 is 0.600. The molecule has 0 spiro atoms. The van der Waals surface area contributed by atoms with Crippen LogP contribution in [0.4, 0.5) is 0 Å². The van der Waals surface area contributed by atoms with Crippen molar-refractivity contribution in [1.29, 1.82) is 5.26 Å². The lowest BCUT2D eigenvalue weighted by Gasteiger charge is -2.39. The van der Waals surface area contributed by atoms with Gasteiger partial charge in [-0.05, 0) is 64.6 Å². The molecule has 4 rings (SSSR count). The summed E-state index contributed by atoms with van der Waals surface area (Å²) in [6, 6.07) is 13.9. The number of hydrogen-bond donors (Lipinski definition) is 0. The Labute approximate surface area is 216 Å². The molecule has 0 N–H and O–H groups in total. The number of nitriles is 1. The molecule has 0 saturated carbocycles. The van der Waals surface area contributed by atoms with Gasteiger partial charge in [0.1, 0.15) is 5.69 Å². The van der Waals surface area contributed by atoms with E-state index in [2.05, 4.69) is 47.8 Å². The van der Waals surface area contributed by atoms with E-state index < -0.39 is 5.41 Å². The van der Waals surface area contributed by atoms with Crippen LogP contribution in [0.3, 0.4) is 0 Å². The van der Waals surface area contributed by atoms with Crippen molar-refractivity contribution >= 4 is 27.7 Å². The Kier molecular flexibility index (Phi) is 7.32. The van der Waals surface area contributed by atoms with Crippen molar-refractivity contribution in [1.82, 2.24) is 14.8 Å². The minimum atomic E-state index is -0.578. The maximum Gasteiger partial charge on any atom is 0.272 e. The molecule has 0 unspecified atom stereocenters. The molecule has 1 aromatic heterocycles. The van der Waals surface area contributed by atoms with Crippen molar-refractivity contribution in [3.63, 3.8) is 0 Å². The Hall–Kier alpha value is -2.72. The molecular formula is C28H33BrN4O2. The SMILES string of the molecule is CC(C)(C)C1CCN(C(=O)c2cc(C(=O)N3CCC(C#N)(c4ccccc4)CC3)ncc2Br)CC1. The van der Waals surface area contributed by atoms with Crippen LogP contribution in [0.5, 0.6) is 0 Å². The Morgan fingerprint density at radius 3 is 2.20 bits per heavy atom. The second-order valence-corrected chi connectivity index (χ2v) is 11.7. The number of amides is 2. The Balaban J connectivity index is 1.45. The molecule has 2 saturated heterocycles. The molecule has 1 aromatic carbocycles. The molecule has 2 aliphatic heterocycles. The first-order chi connectivity index (χ1) is 16.6. The maximum absolute atomic E-state index is 13.3. The summed E-state index contributed by atoms with van der Waals surface area (Å²) in [4.78, 5) is 34.6. The fourth-order valence-electron chi connectivity index (χ4n) is 5.31. The molecule has 3 heterocycles. The Morgan fingerprint density at radius 1 is 1.03 bits per heavy atom. The van der Waals surface area contributed by atoms with Crippen LogP contribution in [0, 0.1) is 22.7 Å². The smallest absolute Gasteiger partial charge is 0.272 e. The first-order valence-corrected chi connectivity index (χ1v) is 13.1. The normalized spacial score (nSPS) is 18.7. The molecule has 2 fully saturated rings. The van der Waals surface area contributed by atoms with Gasteiger partial charge in [0.25, 0.3) is 11.8 Å². The number of carbonyl (C=O) groups is 2. The Bertz CT molecular complexity index is 1120. The minimum Gasteiger partial charge on any atom is -0.339 e. The fourth-order valence-corrected chi connectivity index (χ4v) is 5.70. The predicted molar refractivity (Wildman–Crippen MR) is 139 cm³/mol. The second-order valence-electron chi connectivity index (χ2n) is 10.8. The average molecular weight is 538 g/mol. The van der Waals surface area contributed by atoms with E-state index in [1.807, 2.05) is 35.2 Å². The zero-order valence-electron chi connectivity index (χ0n) is 20.8. The molecule has 0 atom stereocenters. The van der Waals surface area contributed by atoms with Crippen LogP contribution in [-0.4, -0.2) is 52.8 Å². The highest BCUT2D eigenvalue weighted by Gasteiger charge is 2.38. The molecule has 2 amide bonds. The van der Waals surface area contributed by atoms with E-state index in [0.29, 0.717) is 41.9 Å². The molecule has 6 nitrogen and oxygen atoms in total. The van der Waals surface area contributed by atoms with Crippen LogP contribution >= 0.6 is 15.9 Å². The van der Waals surface area contributed by atoms with Crippen molar-refractivity contribution in [2.24, 2.45) is 11.3 Å². The first-order valence-electron chi connectivity index (χ1n) is 12.4. The standard InChI is InChI=1S/C28H33BrN4O2/c1-27(2,3)20-9-13-32(14-10-20)25(34)22-17-24(31-18-23(22)29)26(35)33-15-11-28(19-30,12-16-33)21-7-5-4-6-8-21/h4-8,17-18,20H,9-16H2,1-3H3. The Morgan fingerprint density at radius 2 is 1.63 bits per heavy atom. The van der Waals surface area contributed by atoms with Gasteiger partial charge in [-0.1, -0.05) is 51.1 Å². The molecule has 2 aliphatic rings. The van der Waals surface area contributed by atoms with Crippen molar-refractivity contribution in [2.45, 2.75) is 51.9 Å². The fraction of sp³-hybridized carbons (Fsp3) is 0.500. The summed E-state index contributed by atoms with van der Waals surface area (Å²) in [5, 5.41) is 9.94. The molecular weight excluding hydrogens is 504 g/mol. The quantitative estimate of drug-likeness (QED) is 0.523. The number of nitrogens with zero attached hydrogens (tertiary/aromatic N) is 4. The van der Waals surface area contributed by atoms with Gasteiger partial charge in [-0.2, -0.15) is 5.26 Å². The monoisotopic (exact) mass is 536 g/mol. The van der Waals surface area contributed by atoms with Crippen LogP contribution in [0.1, 0.15) is 72.9 Å². The summed E-state index contributed by atoms with van der Waals surface area (Å²) >= 11 is 3.47. The van der Waals surface area contributed by atoms with Crippen LogP contribution in [0.25, 0.3) is 0 Å². The van der Waals surface area contributed by atoms with E-state index in [1.54, 1.807) is 17.2 Å². The van der Waals surface area contributed by atoms with Crippen molar-refractivity contribution < 1.29 is 9.59 Å². The van der Waals surface area contributed by atoms with Crippen LogP contribution in [-0.2, 0) is 5.41 Å². The number of halogens is 1. The lowest BCUT2D eigenvalue weighted by atomic mass is 9.74. The number of piperidine rings is 2. The third-order valence-corrected chi connectivity index (χ3v) is 8.39. The maximum atomic E-state index is 13.3.